The Labute approximate surface area is 383 Å². The van der Waals surface area contributed by atoms with E-state index in [1.807, 2.05) is 0 Å². The maximum Gasteiger partial charge on any atom is 0.306 e. The fourth-order valence-electron chi connectivity index (χ4n) is 6.74. The molecular weight excluding hydrogens is 765 g/mol. The van der Waals surface area contributed by atoms with Gasteiger partial charge in [-0.15, -0.1) is 0 Å². The Bertz CT molecular complexity index is 1200. The number of carbonyl (C=O) groups excluding carboxylic acids is 2. The first kappa shape index (κ1) is 58.8. The molecule has 0 aromatic rings. The van der Waals surface area contributed by atoms with Crippen LogP contribution in [-0.4, -0.2) is 37.9 Å². The van der Waals surface area contributed by atoms with Crippen molar-refractivity contribution in [2.45, 2.75) is 232 Å². The second kappa shape index (κ2) is 52.2. The van der Waals surface area contributed by atoms with Gasteiger partial charge < -0.3 is 14.2 Å². The minimum absolute atomic E-state index is 0.0576. The topological polar surface area (TPSA) is 61.8 Å². The van der Waals surface area contributed by atoms with Crippen molar-refractivity contribution in [1.29, 1.82) is 0 Å². The molecule has 1 unspecified atom stereocenters. The zero-order valence-electron chi connectivity index (χ0n) is 40.6. The molecule has 0 N–H and O–H groups in total. The second-order valence-electron chi connectivity index (χ2n) is 16.7. The minimum atomic E-state index is -0.564. The summed E-state index contributed by atoms with van der Waals surface area (Å²) in [5.74, 6) is -0.450. The van der Waals surface area contributed by atoms with Crippen LogP contribution in [0.4, 0.5) is 0 Å². The molecule has 62 heavy (non-hydrogen) atoms. The zero-order chi connectivity index (χ0) is 44.9. The highest BCUT2D eigenvalue weighted by Crippen LogP contribution is 2.12. The normalized spacial score (nSPS) is 13.0. The van der Waals surface area contributed by atoms with Crippen molar-refractivity contribution >= 4 is 11.9 Å². The molecule has 0 rings (SSSR count). The van der Waals surface area contributed by atoms with E-state index in [9.17, 15) is 9.59 Å². The average molecular weight is 861 g/mol. The molecule has 0 bridgehead atoms. The number of carbonyl (C=O) groups is 2. The number of allylic oxidation sites excluding steroid dienone is 16. The van der Waals surface area contributed by atoms with Crippen LogP contribution in [0.5, 0.6) is 0 Å². The Kier molecular flexibility index (Phi) is 49.5. The SMILES string of the molecule is CC/C=C\C/C=C\C/C=C\C/C=C\CCCCCCC(=O)OCC(COCCCCCCCC/C=C\C/C=C\CCC)OC(=O)CCCCCCC/C=C\C/C=C\CCCCC. The van der Waals surface area contributed by atoms with Crippen LogP contribution in [0.1, 0.15) is 226 Å². The van der Waals surface area contributed by atoms with Gasteiger partial charge in [-0.25, -0.2) is 0 Å². The standard InChI is InChI=1S/C57H96O5/c1-4-7-10-13-16-19-22-25-28-29-31-32-35-38-41-44-47-50-56(58)61-54-55(53-60-52-49-46-43-40-37-34-27-24-21-18-15-12-9-6-3)62-57(59)51-48-45-42-39-36-33-30-26-23-20-17-14-11-8-5-2/h7,10,12,15-17,19-21,24-26,28,30-32,55H,4-6,8-9,11,13-14,18,22-23,27,29,33-54H2,1-3H3/b10-7-,15-12-,19-16-,20-17-,24-21-,28-25-,30-26-,32-31-. The fraction of sp³-hybridized carbons (Fsp3) is 0.684. The van der Waals surface area contributed by atoms with Crippen LogP contribution >= 0.6 is 0 Å². The van der Waals surface area contributed by atoms with Gasteiger partial charge in [-0.05, 0) is 116 Å². The third kappa shape index (κ3) is 49.5. The maximum absolute atomic E-state index is 12.8. The molecule has 0 amide bonds. The van der Waals surface area contributed by atoms with Crippen LogP contribution in [0.3, 0.4) is 0 Å². The van der Waals surface area contributed by atoms with Crippen molar-refractivity contribution in [1.82, 2.24) is 0 Å². The number of rotatable bonds is 46. The average Bonchev–Trinajstić information content (AvgIpc) is 3.27. The largest absolute Gasteiger partial charge is 0.462 e. The number of hydrogen-bond donors (Lipinski definition) is 0. The molecule has 5 heteroatoms. The van der Waals surface area contributed by atoms with E-state index in [2.05, 4.69) is 118 Å². The van der Waals surface area contributed by atoms with Crippen LogP contribution in [0.15, 0.2) is 97.2 Å². The smallest absolute Gasteiger partial charge is 0.306 e. The highest BCUT2D eigenvalue weighted by molar-refractivity contribution is 5.70. The van der Waals surface area contributed by atoms with Crippen LogP contribution < -0.4 is 0 Å². The Morgan fingerprint density at radius 1 is 0.371 bits per heavy atom. The van der Waals surface area contributed by atoms with E-state index in [0.717, 1.165) is 116 Å². The minimum Gasteiger partial charge on any atom is -0.462 e. The molecular formula is C57H96O5. The van der Waals surface area contributed by atoms with E-state index >= 15 is 0 Å². The van der Waals surface area contributed by atoms with Crippen molar-refractivity contribution in [2.24, 2.45) is 0 Å². The van der Waals surface area contributed by atoms with Crippen molar-refractivity contribution < 1.29 is 23.8 Å². The number of hydrogen-bond acceptors (Lipinski definition) is 5. The summed E-state index contributed by atoms with van der Waals surface area (Å²) >= 11 is 0. The van der Waals surface area contributed by atoms with Crippen molar-refractivity contribution in [3.8, 4) is 0 Å². The van der Waals surface area contributed by atoms with E-state index in [1.165, 1.54) is 77.0 Å². The van der Waals surface area contributed by atoms with Gasteiger partial charge in [0.25, 0.3) is 0 Å². The van der Waals surface area contributed by atoms with Gasteiger partial charge in [0.15, 0.2) is 6.10 Å². The van der Waals surface area contributed by atoms with Crippen LogP contribution in [0.2, 0.25) is 0 Å². The first-order chi connectivity index (χ1) is 30.6. The summed E-state index contributed by atoms with van der Waals surface area (Å²) in [6, 6.07) is 0. The fourth-order valence-corrected chi connectivity index (χ4v) is 6.74. The summed E-state index contributed by atoms with van der Waals surface area (Å²) in [5, 5.41) is 0. The Morgan fingerprint density at radius 2 is 0.758 bits per heavy atom. The first-order valence-corrected chi connectivity index (χ1v) is 25.8. The molecule has 0 heterocycles. The number of unbranched alkanes of at least 4 members (excludes halogenated alkanes) is 19. The molecule has 0 aliphatic rings. The second-order valence-corrected chi connectivity index (χ2v) is 16.7. The lowest BCUT2D eigenvalue weighted by atomic mass is 10.1. The van der Waals surface area contributed by atoms with Crippen molar-refractivity contribution in [3.63, 3.8) is 0 Å². The third-order valence-electron chi connectivity index (χ3n) is 10.6. The molecule has 0 spiro atoms. The van der Waals surface area contributed by atoms with Gasteiger partial charge in [0.1, 0.15) is 6.61 Å². The Morgan fingerprint density at radius 3 is 1.23 bits per heavy atom. The van der Waals surface area contributed by atoms with Crippen LogP contribution in [0.25, 0.3) is 0 Å². The maximum atomic E-state index is 12.8. The van der Waals surface area contributed by atoms with Crippen molar-refractivity contribution in [2.75, 3.05) is 19.8 Å². The highest BCUT2D eigenvalue weighted by atomic mass is 16.6. The van der Waals surface area contributed by atoms with Crippen LogP contribution in [-0.2, 0) is 23.8 Å². The number of esters is 2. The van der Waals surface area contributed by atoms with Gasteiger partial charge in [0.2, 0.25) is 0 Å². The monoisotopic (exact) mass is 861 g/mol. The molecule has 0 radical (unpaired) electrons. The van der Waals surface area contributed by atoms with Gasteiger partial charge >= 0.3 is 11.9 Å². The van der Waals surface area contributed by atoms with Gasteiger partial charge in [-0.3, -0.25) is 9.59 Å². The van der Waals surface area contributed by atoms with Gasteiger partial charge in [0, 0.05) is 19.4 Å². The van der Waals surface area contributed by atoms with E-state index in [0.29, 0.717) is 19.4 Å². The Hall–Kier alpha value is -3.18. The van der Waals surface area contributed by atoms with Gasteiger partial charge in [-0.1, -0.05) is 195 Å². The molecule has 0 aromatic heterocycles. The molecule has 5 nitrogen and oxygen atoms in total. The Balaban J connectivity index is 4.37. The highest BCUT2D eigenvalue weighted by Gasteiger charge is 2.17. The van der Waals surface area contributed by atoms with Crippen molar-refractivity contribution in [3.05, 3.63) is 97.2 Å². The predicted octanol–water partition coefficient (Wildman–Crippen LogP) is 17.5. The molecule has 0 fully saturated rings. The summed E-state index contributed by atoms with van der Waals surface area (Å²) in [4.78, 5) is 25.4. The van der Waals surface area contributed by atoms with Crippen LogP contribution in [0, 0.1) is 0 Å². The van der Waals surface area contributed by atoms with E-state index in [-0.39, 0.29) is 25.2 Å². The summed E-state index contributed by atoms with van der Waals surface area (Å²) in [6.45, 7) is 7.56. The van der Waals surface area contributed by atoms with E-state index in [1.54, 1.807) is 0 Å². The molecule has 0 aliphatic carbocycles. The quantitative estimate of drug-likeness (QED) is 0.0347. The van der Waals surface area contributed by atoms with Gasteiger partial charge in [-0.2, -0.15) is 0 Å². The lowest BCUT2D eigenvalue weighted by Crippen LogP contribution is -2.30. The van der Waals surface area contributed by atoms with E-state index < -0.39 is 6.10 Å². The molecule has 0 saturated carbocycles. The molecule has 0 saturated heterocycles. The summed E-state index contributed by atoms with van der Waals surface area (Å²) < 4.78 is 17.4. The summed E-state index contributed by atoms with van der Waals surface area (Å²) in [7, 11) is 0. The first-order valence-electron chi connectivity index (χ1n) is 25.8. The molecule has 0 aromatic carbocycles. The zero-order valence-corrected chi connectivity index (χ0v) is 40.6. The lowest BCUT2D eigenvalue weighted by molar-refractivity contribution is -0.163. The van der Waals surface area contributed by atoms with E-state index in [4.69, 9.17) is 14.2 Å². The lowest BCUT2D eigenvalue weighted by Gasteiger charge is -2.18. The third-order valence-corrected chi connectivity index (χ3v) is 10.6. The summed E-state index contributed by atoms with van der Waals surface area (Å²) in [6.07, 6.45) is 69.8. The predicted molar refractivity (Wildman–Crippen MR) is 270 cm³/mol. The number of ether oxygens (including phenoxy) is 3. The molecule has 0 aliphatic heterocycles. The molecule has 1 atom stereocenters. The molecule has 354 valence electrons. The van der Waals surface area contributed by atoms with Gasteiger partial charge in [0.05, 0.1) is 6.61 Å². The summed E-state index contributed by atoms with van der Waals surface area (Å²) in [5.41, 5.74) is 0.